The van der Waals surface area contributed by atoms with E-state index in [0.717, 1.165) is 50.4 Å². The lowest BCUT2D eigenvalue weighted by atomic mass is 9.92. The second-order valence-electron chi connectivity index (χ2n) is 7.03. The zero-order valence-electron chi connectivity index (χ0n) is 14.0. The summed E-state index contributed by atoms with van der Waals surface area (Å²) >= 11 is 0. The van der Waals surface area contributed by atoms with E-state index in [-0.39, 0.29) is 24.1 Å². The molecule has 0 unspecified atom stereocenters. The zero-order valence-corrected chi connectivity index (χ0v) is 14.0. The number of hydrogen-bond donors (Lipinski definition) is 1. The van der Waals surface area contributed by atoms with Crippen LogP contribution >= 0.6 is 0 Å². The topological polar surface area (TPSA) is 64.1 Å². The van der Waals surface area contributed by atoms with Crippen molar-refractivity contribution in [3.8, 4) is 6.01 Å². The molecule has 2 aliphatic carbocycles. The number of rotatable bonds is 6. The quantitative estimate of drug-likeness (QED) is 0.865. The van der Waals surface area contributed by atoms with Gasteiger partial charge < -0.3 is 10.1 Å². The van der Waals surface area contributed by atoms with Gasteiger partial charge in [-0.1, -0.05) is 25.7 Å². The molecule has 0 atom stereocenters. The first-order valence-corrected chi connectivity index (χ1v) is 9.12. The number of nitrogens with zero attached hydrogens (tertiary/aromatic N) is 2. The van der Waals surface area contributed by atoms with Gasteiger partial charge in [0, 0.05) is 12.5 Å². The molecule has 132 valence electrons. The molecule has 1 amide bonds. The predicted octanol–water partition coefficient (Wildman–Crippen LogP) is 3.39. The maximum atomic E-state index is 12.8. The van der Waals surface area contributed by atoms with Gasteiger partial charge in [-0.25, -0.2) is 14.4 Å². The van der Waals surface area contributed by atoms with Crippen molar-refractivity contribution in [2.75, 3.05) is 0 Å². The molecule has 0 aliphatic heterocycles. The van der Waals surface area contributed by atoms with Crippen LogP contribution in [-0.2, 0) is 4.79 Å². The third-order valence-electron chi connectivity index (χ3n) is 5.16. The maximum Gasteiger partial charge on any atom is 0.316 e. The SMILES string of the molecule is O=C(CCC1CCCC1)NC1CCC(Oc2ncc(F)cn2)CC1. The van der Waals surface area contributed by atoms with E-state index in [2.05, 4.69) is 15.3 Å². The van der Waals surface area contributed by atoms with E-state index in [1.165, 1.54) is 25.7 Å². The van der Waals surface area contributed by atoms with E-state index in [0.29, 0.717) is 6.42 Å². The third kappa shape index (κ3) is 5.14. The molecule has 0 aromatic carbocycles. The first-order chi connectivity index (χ1) is 11.7. The summed E-state index contributed by atoms with van der Waals surface area (Å²) in [5.74, 6) is 0.482. The number of amides is 1. The summed E-state index contributed by atoms with van der Waals surface area (Å²) in [5, 5.41) is 3.16. The lowest BCUT2D eigenvalue weighted by Crippen LogP contribution is -2.39. The first-order valence-electron chi connectivity index (χ1n) is 9.12. The van der Waals surface area contributed by atoms with Gasteiger partial charge in [-0.3, -0.25) is 4.79 Å². The Morgan fingerprint density at radius 1 is 1.12 bits per heavy atom. The number of carbonyl (C=O) groups excluding carboxylic acids is 1. The van der Waals surface area contributed by atoms with Crippen molar-refractivity contribution in [1.82, 2.24) is 15.3 Å². The fourth-order valence-corrected chi connectivity index (χ4v) is 3.77. The first kappa shape index (κ1) is 17.1. The summed E-state index contributed by atoms with van der Waals surface area (Å²) < 4.78 is 18.5. The summed E-state index contributed by atoms with van der Waals surface area (Å²) in [6.07, 6.45) is 12.7. The van der Waals surface area contributed by atoms with E-state index in [1.54, 1.807) is 0 Å². The van der Waals surface area contributed by atoms with Crippen LogP contribution in [0.2, 0.25) is 0 Å². The normalized spacial score (nSPS) is 24.7. The third-order valence-corrected chi connectivity index (χ3v) is 5.16. The van der Waals surface area contributed by atoms with Crippen LogP contribution in [0.5, 0.6) is 6.01 Å². The number of halogens is 1. The molecule has 2 fully saturated rings. The van der Waals surface area contributed by atoms with Crippen LogP contribution in [0.25, 0.3) is 0 Å². The largest absolute Gasteiger partial charge is 0.460 e. The van der Waals surface area contributed by atoms with E-state index in [1.807, 2.05) is 0 Å². The second-order valence-corrected chi connectivity index (χ2v) is 7.03. The highest BCUT2D eigenvalue weighted by atomic mass is 19.1. The molecule has 1 N–H and O–H groups in total. The minimum atomic E-state index is -0.466. The highest BCUT2D eigenvalue weighted by Crippen LogP contribution is 2.28. The van der Waals surface area contributed by atoms with Crippen LogP contribution in [0, 0.1) is 11.7 Å². The van der Waals surface area contributed by atoms with E-state index in [9.17, 15) is 9.18 Å². The standard InChI is InChI=1S/C18H26FN3O2/c19-14-11-20-18(21-12-14)24-16-8-6-15(7-9-16)22-17(23)10-5-13-3-1-2-4-13/h11-13,15-16H,1-10H2,(H,22,23). The summed E-state index contributed by atoms with van der Waals surface area (Å²) in [5.41, 5.74) is 0. The van der Waals surface area contributed by atoms with Crippen molar-refractivity contribution in [2.45, 2.75) is 76.4 Å². The van der Waals surface area contributed by atoms with Gasteiger partial charge in [-0.05, 0) is 38.0 Å². The molecule has 2 saturated carbocycles. The number of nitrogens with one attached hydrogen (secondary N) is 1. The van der Waals surface area contributed by atoms with Crippen molar-refractivity contribution >= 4 is 5.91 Å². The Morgan fingerprint density at radius 3 is 2.46 bits per heavy atom. The fraction of sp³-hybridized carbons (Fsp3) is 0.722. The molecule has 24 heavy (non-hydrogen) atoms. The number of carbonyl (C=O) groups is 1. The Hall–Kier alpha value is -1.72. The van der Waals surface area contributed by atoms with Crippen LogP contribution < -0.4 is 10.1 Å². The Kier molecular flexibility index (Phi) is 5.99. The molecule has 3 rings (SSSR count). The number of aromatic nitrogens is 2. The Bertz CT molecular complexity index is 524. The van der Waals surface area contributed by atoms with Crippen molar-refractivity contribution in [1.29, 1.82) is 0 Å². The molecular formula is C18H26FN3O2. The summed E-state index contributed by atoms with van der Waals surface area (Å²) in [7, 11) is 0. The van der Waals surface area contributed by atoms with Gasteiger partial charge in [0.1, 0.15) is 6.10 Å². The minimum Gasteiger partial charge on any atom is -0.460 e. The summed E-state index contributed by atoms with van der Waals surface area (Å²) in [6.45, 7) is 0. The van der Waals surface area contributed by atoms with Gasteiger partial charge >= 0.3 is 6.01 Å². The van der Waals surface area contributed by atoms with Gasteiger partial charge in [0.2, 0.25) is 5.91 Å². The summed E-state index contributed by atoms with van der Waals surface area (Å²) in [6, 6.07) is 0.468. The van der Waals surface area contributed by atoms with Crippen molar-refractivity contribution in [3.63, 3.8) is 0 Å². The van der Waals surface area contributed by atoms with Gasteiger partial charge in [0.05, 0.1) is 12.4 Å². The van der Waals surface area contributed by atoms with Crippen molar-refractivity contribution in [2.24, 2.45) is 5.92 Å². The molecule has 1 aromatic heterocycles. The molecule has 1 heterocycles. The summed E-state index contributed by atoms with van der Waals surface area (Å²) in [4.78, 5) is 19.7. The molecule has 0 saturated heterocycles. The van der Waals surface area contributed by atoms with Crippen LogP contribution in [-0.4, -0.2) is 28.0 Å². The zero-order chi connectivity index (χ0) is 16.8. The number of hydrogen-bond acceptors (Lipinski definition) is 4. The second kappa shape index (κ2) is 8.40. The average Bonchev–Trinajstić information content (AvgIpc) is 3.10. The van der Waals surface area contributed by atoms with Gasteiger partial charge in [0.15, 0.2) is 5.82 Å². The molecule has 0 bridgehead atoms. The van der Waals surface area contributed by atoms with E-state index in [4.69, 9.17) is 4.74 Å². The predicted molar refractivity (Wildman–Crippen MR) is 88.0 cm³/mol. The smallest absolute Gasteiger partial charge is 0.316 e. The lowest BCUT2D eigenvalue weighted by Gasteiger charge is -2.29. The van der Waals surface area contributed by atoms with Crippen LogP contribution in [0.4, 0.5) is 4.39 Å². The molecule has 6 heteroatoms. The van der Waals surface area contributed by atoms with Gasteiger partial charge in [0.25, 0.3) is 0 Å². The molecule has 1 aromatic rings. The number of ether oxygens (including phenoxy) is 1. The van der Waals surface area contributed by atoms with Crippen molar-refractivity contribution < 1.29 is 13.9 Å². The van der Waals surface area contributed by atoms with Gasteiger partial charge in [-0.2, -0.15) is 0 Å². The van der Waals surface area contributed by atoms with E-state index >= 15 is 0 Å². The Balaban J connectivity index is 1.34. The molecule has 0 radical (unpaired) electrons. The molecule has 5 nitrogen and oxygen atoms in total. The van der Waals surface area contributed by atoms with Crippen LogP contribution in [0.1, 0.15) is 64.2 Å². The fourth-order valence-electron chi connectivity index (χ4n) is 3.77. The molecule has 2 aliphatic rings. The highest BCUT2D eigenvalue weighted by molar-refractivity contribution is 5.76. The Labute approximate surface area is 142 Å². The Morgan fingerprint density at radius 2 is 1.79 bits per heavy atom. The molecule has 0 spiro atoms. The van der Waals surface area contributed by atoms with Crippen LogP contribution in [0.3, 0.4) is 0 Å². The highest BCUT2D eigenvalue weighted by Gasteiger charge is 2.24. The van der Waals surface area contributed by atoms with Crippen molar-refractivity contribution in [3.05, 3.63) is 18.2 Å². The van der Waals surface area contributed by atoms with Gasteiger partial charge in [-0.15, -0.1) is 0 Å². The molecular weight excluding hydrogens is 309 g/mol. The lowest BCUT2D eigenvalue weighted by molar-refractivity contribution is -0.122. The monoisotopic (exact) mass is 335 g/mol. The van der Waals surface area contributed by atoms with E-state index < -0.39 is 5.82 Å². The average molecular weight is 335 g/mol. The minimum absolute atomic E-state index is 0.0436. The van der Waals surface area contributed by atoms with Crippen LogP contribution in [0.15, 0.2) is 12.4 Å². The maximum absolute atomic E-state index is 12.8.